The minimum Gasteiger partial charge on any atom is -0.397 e. The molecular weight excluding hydrogens is 240 g/mol. The number of hydrogen-bond acceptors (Lipinski definition) is 4. The lowest BCUT2D eigenvalue weighted by molar-refractivity contribution is 0.0961. The summed E-state index contributed by atoms with van der Waals surface area (Å²) in [5.74, 6) is 0. The maximum atomic E-state index is 10.5. The zero-order valence-corrected chi connectivity index (χ0v) is 11.5. The smallest absolute Gasteiger partial charge is 0.105 e. The molecule has 1 unspecified atom stereocenters. The van der Waals surface area contributed by atoms with Crippen LogP contribution in [0.1, 0.15) is 38.1 Å². The van der Waals surface area contributed by atoms with Gasteiger partial charge in [-0.1, -0.05) is 13.8 Å². The van der Waals surface area contributed by atoms with E-state index >= 15 is 0 Å². The first-order valence-corrected chi connectivity index (χ1v) is 6.37. The number of aryl methyl sites for hydroxylation is 1. The van der Waals surface area contributed by atoms with Crippen LogP contribution < -0.4 is 5.73 Å². The number of anilines is 1. The Morgan fingerprint density at radius 1 is 1.37 bits per heavy atom. The van der Waals surface area contributed by atoms with Gasteiger partial charge in [0.1, 0.15) is 6.10 Å². The number of rotatable bonds is 4. The van der Waals surface area contributed by atoms with E-state index < -0.39 is 11.5 Å². The molecule has 0 saturated carbocycles. The molecule has 0 saturated heterocycles. The Balaban J connectivity index is 2.29. The van der Waals surface area contributed by atoms with Crippen LogP contribution in [0.4, 0.5) is 5.69 Å². The topological polar surface area (TPSA) is 77.0 Å². The molecule has 2 heterocycles. The number of aliphatic hydroxyl groups excluding tert-OH is 1. The van der Waals surface area contributed by atoms with Crippen molar-refractivity contribution >= 4 is 5.69 Å². The van der Waals surface area contributed by atoms with Crippen LogP contribution in [0, 0.1) is 0 Å². The minimum absolute atomic E-state index is 0.462. The van der Waals surface area contributed by atoms with Gasteiger partial charge in [-0.25, -0.2) is 0 Å². The predicted molar refractivity (Wildman–Crippen MR) is 74.5 cm³/mol. The van der Waals surface area contributed by atoms with Crippen molar-refractivity contribution in [2.75, 3.05) is 5.73 Å². The van der Waals surface area contributed by atoms with Crippen molar-refractivity contribution in [1.29, 1.82) is 0 Å². The molecule has 0 bridgehead atoms. The second-order valence-electron chi connectivity index (χ2n) is 5.23. The summed E-state index contributed by atoms with van der Waals surface area (Å²) in [6, 6.07) is 3.50. The maximum Gasteiger partial charge on any atom is 0.105 e. The summed E-state index contributed by atoms with van der Waals surface area (Å²) >= 11 is 0. The first-order chi connectivity index (χ1) is 8.95. The molecule has 5 nitrogen and oxygen atoms in total. The average molecular weight is 260 g/mol. The number of nitrogens with zero attached hydrogens (tertiary/aromatic N) is 3. The zero-order chi connectivity index (χ0) is 14.0. The highest BCUT2D eigenvalue weighted by atomic mass is 16.3. The Morgan fingerprint density at radius 3 is 2.63 bits per heavy atom. The van der Waals surface area contributed by atoms with Crippen molar-refractivity contribution in [3.63, 3.8) is 0 Å². The highest BCUT2D eigenvalue weighted by Gasteiger charge is 2.33. The Morgan fingerprint density at radius 2 is 2.11 bits per heavy atom. The van der Waals surface area contributed by atoms with Crippen LogP contribution >= 0.6 is 0 Å². The quantitative estimate of drug-likeness (QED) is 0.880. The molecule has 1 atom stereocenters. The van der Waals surface area contributed by atoms with Gasteiger partial charge in [-0.05, 0) is 24.6 Å². The second kappa shape index (κ2) is 5.01. The number of nitrogens with two attached hydrogens (primary N) is 1. The standard InChI is InChI=1S/C14H20N4O/c1-4-18-9-10(7-17-18)14(2,3)13(19)12-6-5-11(15)8-16-12/h5-9,13,19H,4,15H2,1-3H3. The Hall–Kier alpha value is -1.88. The molecule has 0 amide bonds. The third-order valence-electron chi connectivity index (χ3n) is 3.47. The normalized spacial score (nSPS) is 13.5. The van der Waals surface area contributed by atoms with Crippen LogP contribution in [0.25, 0.3) is 0 Å². The van der Waals surface area contributed by atoms with Crippen LogP contribution in [0.5, 0.6) is 0 Å². The van der Waals surface area contributed by atoms with Gasteiger partial charge < -0.3 is 10.8 Å². The third-order valence-corrected chi connectivity index (χ3v) is 3.47. The van der Waals surface area contributed by atoms with Gasteiger partial charge in [0.2, 0.25) is 0 Å². The molecule has 2 aromatic rings. The van der Waals surface area contributed by atoms with E-state index in [0.717, 1.165) is 12.1 Å². The van der Waals surface area contributed by atoms with Crippen molar-refractivity contribution in [1.82, 2.24) is 14.8 Å². The lowest BCUT2D eigenvalue weighted by Gasteiger charge is -2.29. The van der Waals surface area contributed by atoms with Crippen molar-refractivity contribution < 1.29 is 5.11 Å². The largest absolute Gasteiger partial charge is 0.397 e. The number of aliphatic hydroxyl groups is 1. The number of aromatic nitrogens is 3. The van der Waals surface area contributed by atoms with E-state index in [1.165, 1.54) is 0 Å². The van der Waals surface area contributed by atoms with Crippen LogP contribution in [0.2, 0.25) is 0 Å². The maximum absolute atomic E-state index is 10.5. The molecule has 0 aliphatic rings. The zero-order valence-electron chi connectivity index (χ0n) is 11.5. The van der Waals surface area contributed by atoms with Gasteiger partial charge >= 0.3 is 0 Å². The van der Waals surface area contributed by atoms with Crippen LogP contribution in [-0.4, -0.2) is 19.9 Å². The van der Waals surface area contributed by atoms with E-state index in [1.54, 1.807) is 24.5 Å². The number of nitrogen functional groups attached to an aromatic ring is 1. The Kier molecular flexibility index (Phi) is 3.57. The summed E-state index contributed by atoms with van der Waals surface area (Å²) in [5, 5.41) is 14.8. The Labute approximate surface area is 113 Å². The SMILES string of the molecule is CCn1cc(C(C)(C)C(O)c2ccc(N)cn2)cn1. The number of hydrogen-bond donors (Lipinski definition) is 2. The van der Waals surface area contributed by atoms with Gasteiger partial charge in [-0.15, -0.1) is 0 Å². The molecule has 0 aliphatic heterocycles. The summed E-state index contributed by atoms with van der Waals surface area (Å²) in [6.45, 7) is 6.80. The molecule has 102 valence electrons. The van der Waals surface area contributed by atoms with Gasteiger partial charge in [-0.3, -0.25) is 9.67 Å². The average Bonchev–Trinajstić information content (AvgIpc) is 2.88. The van der Waals surface area contributed by atoms with Crippen molar-refractivity contribution in [2.24, 2.45) is 0 Å². The van der Waals surface area contributed by atoms with E-state index in [1.807, 2.05) is 31.6 Å². The number of pyridine rings is 1. The van der Waals surface area contributed by atoms with E-state index in [2.05, 4.69) is 10.1 Å². The molecule has 19 heavy (non-hydrogen) atoms. The lowest BCUT2D eigenvalue weighted by Crippen LogP contribution is -2.27. The molecule has 3 N–H and O–H groups in total. The highest BCUT2D eigenvalue weighted by molar-refractivity contribution is 5.36. The fraction of sp³-hybridized carbons (Fsp3) is 0.429. The third kappa shape index (κ3) is 2.61. The van der Waals surface area contributed by atoms with Crippen molar-refractivity contribution in [3.8, 4) is 0 Å². The molecule has 0 aromatic carbocycles. The van der Waals surface area contributed by atoms with E-state index in [9.17, 15) is 5.11 Å². The lowest BCUT2D eigenvalue weighted by atomic mass is 9.79. The fourth-order valence-corrected chi connectivity index (χ4v) is 1.98. The molecular formula is C14H20N4O. The minimum atomic E-state index is -0.706. The summed E-state index contributed by atoms with van der Waals surface area (Å²) in [4.78, 5) is 4.19. The van der Waals surface area contributed by atoms with Gasteiger partial charge in [0.15, 0.2) is 0 Å². The molecule has 2 rings (SSSR count). The van der Waals surface area contributed by atoms with E-state index in [-0.39, 0.29) is 0 Å². The summed E-state index contributed by atoms with van der Waals surface area (Å²) in [5.41, 5.74) is 7.34. The second-order valence-corrected chi connectivity index (χ2v) is 5.23. The van der Waals surface area contributed by atoms with Gasteiger partial charge in [-0.2, -0.15) is 5.10 Å². The summed E-state index contributed by atoms with van der Waals surface area (Å²) in [6.07, 6.45) is 4.61. The van der Waals surface area contributed by atoms with E-state index in [0.29, 0.717) is 11.4 Å². The van der Waals surface area contributed by atoms with Crippen molar-refractivity contribution in [3.05, 3.63) is 42.0 Å². The molecule has 0 spiro atoms. The molecule has 0 aliphatic carbocycles. The summed E-state index contributed by atoms with van der Waals surface area (Å²) < 4.78 is 1.85. The fourth-order valence-electron chi connectivity index (χ4n) is 1.98. The van der Waals surface area contributed by atoms with Gasteiger partial charge in [0, 0.05) is 18.2 Å². The first-order valence-electron chi connectivity index (χ1n) is 6.37. The van der Waals surface area contributed by atoms with Gasteiger partial charge in [0.05, 0.1) is 23.8 Å². The van der Waals surface area contributed by atoms with Crippen LogP contribution in [0.15, 0.2) is 30.7 Å². The molecule has 2 aromatic heterocycles. The molecule has 5 heteroatoms. The molecule has 0 fully saturated rings. The monoisotopic (exact) mass is 260 g/mol. The molecule has 0 radical (unpaired) electrons. The summed E-state index contributed by atoms with van der Waals surface area (Å²) in [7, 11) is 0. The van der Waals surface area contributed by atoms with Crippen LogP contribution in [-0.2, 0) is 12.0 Å². The first kappa shape index (κ1) is 13.5. The Bertz CT molecular complexity index is 545. The van der Waals surface area contributed by atoms with Gasteiger partial charge in [0.25, 0.3) is 0 Å². The van der Waals surface area contributed by atoms with E-state index in [4.69, 9.17) is 5.73 Å². The predicted octanol–water partition coefficient (Wildman–Crippen LogP) is 1.89. The van der Waals surface area contributed by atoms with Crippen LogP contribution in [0.3, 0.4) is 0 Å². The van der Waals surface area contributed by atoms with Crippen molar-refractivity contribution in [2.45, 2.75) is 38.8 Å². The highest BCUT2D eigenvalue weighted by Crippen LogP contribution is 2.35.